The average Bonchev–Trinajstić information content (AvgIpc) is 2.61. The van der Waals surface area contributed by atoms with E-state index in [0.29, 0.717) is 0 Å². The normalized spacial score (nSPS) is 25.1. The molecule has 0 bridgehead atoms. The number of likely N-dealkylation sites (tertiary alicyclic amines) is 1. The Morgan fingerprint density at radius 1 is 1.19 bits per heavy atom. The van der Waals surface area contributed by atoms with Crippen LogP contribution >= 0.6 is 0 Å². The summed E-state index contributed by atoms with van der Waals surface area (Å²) < 4.78 is 0. The van der Waals surface area contributed by atoms with Crippen molar-refractivity contribution in [2.24, 2.45) is 5.92 Å². The van der Waals surface area contributed by atoms with Crippen molar-refractivity contribution in [3.63, 3.8) is 0 Å². The van der Waals surface area contributed by atoms with Gasteiger partial charge in [-0.25, -0.2) is 9.97 Å². The summed E-state index contributed by atoms with van der Waals surface area (Å²) in [7, 11) is 0. The number of amides is 1. The molecule has 0 unspecified atom stereocenters. The molecule has 0 radical (unpaired) electrons. The predicted octanol–water partition coefficient (Wildman–Crippen LogP) is 2.12. The standard InChI is InChI=1S/C20H20N4O2/c21-8-17-19(18(11-25)24(17)20(26)15-2-1-3-15)14-6-4-13(5-7-14)16-9-22-12-23-10-16/h4-7,9-10,12,15,17-19,25H,1-3,11H2/t17-,18+,19+/m1/s1. The van der Waals surface area contributed by atoms with Gasteiger partial charge in [-0.3, -0.25) is 4.79 Å². The molecule has 0 spiro atoms. The molecule has 1 saturated heterocycles. The Labute approximate surface area is 152 Å². The summed E-state index contributed by atoms with van der Waals surface area (Å²) in [4.78, 5) is 22.3. The Bertz CT molecular complexity index is 827. The molecule has 4 rings (SSSR count). The van der Waals surface area contributed by atoms with Gasteiger partial charge in [-0.2, -0.15) is 5.26 Å². The second kappa shape index (κ2) is 6.85. The van der Waals surface area contributed by atoms with Gasteiger partial charge in [0.25, 0.3) is 0 Å². The topological polar surface area (TPSA) is 90.1 Å². The maximum atomic E-state index is 12.6. The molecular formula is C20H20N4O2. The highest BCUT2D eigenvalue weighted by Gasteiger charge is 2.53. The molecule has 6 heteroatoms. The molecule has 132 valence electrons. The van der Waals surface area contributed by atoms with E-state index in [2.05, 4.69) is 16.0 Å². The maximum absolute atomic E-state index is 12.6. The number of aromatic nitrogens is 2. The molecule has 1 saturated carbocycles. The van der Waals surface area contributed by atoms with Gasteiger partial charge >= 0.3 is 0 Å². The zero-order chi connectivity index (χ0) is 18.1. The van der Waals surface area contributed by atoms with Crippen LogP contribution in [0, 0.1) is 17.2 Å². The van der Waals surface area contributed by atoms with Crippen molar-refractivity contribution < 1.29 is 9.90 Å². The quantitative estimate of drug-likeness (QED) is 0.914. The van der Waals surface area contributed by atoms with Crippen molar-refractivity contribution in [1.82, 2.24) is 14.9 Å². The maximum Gasteiger partial charge on any atom is 0.227 e. The van der Waals surface area contributed by atoms with Gasteiger partial charge in [-0.1, -0.05) is 30.7 Å². The molecule has 6 nitrogen and oxygen atoms in total. The van der Waals surface area contributed by atoms with E-state index >= 15 is 0 Å². The van der Waals surface area contributed by atoms with Crippen LogP contribution < -0.4 is 0 Å². The lowest BCUT2D eigenvalue weighted by Crippen LogP contribution is -2.66. The summed E-state index contributed by atoms with van der Waals surface area (Å²) in [6.07, 6.45) is 7.84. The Kier molecular flexibility index (Phi) is 4.39. The monoisotopic (exact) mass is 348 g/mol. The van der Waals surface area contributed by atoms with Gasteiger partial charge < -0.3 is 10.0 Å². The Balaban J connectivity index is 1.56. The first-order valence-corrected chi connectivity index (χ1v) is 8.92. The minimum Gasteiger partial charge on any atom is -0.394 e. The second-order valence-corrected chi connectivity index (χ2v) is 6.97. The fraction of sp³-hybridized carbons (Fsp3) is 0.400. The number of benzene rings is 1. The number of nitriles is 1. The molecule has 2 fully saturated rings. The Morgan fingerprint density at radius 2 is 1.88 bits per heavy atom. The number of carbonyl (C=O) groups excluding carboxylic acids is 1. The van der Waals surface area contributed by atoms with Crippen molar-refractivity contribution in [3.05, 3.63) is 48.5 Å². The number of hydrogen-bond acceptors (Lipinski definition) is 5. The van der Waals surface area contributed by atoms with Gasteiger partial charge in [0.05, 0.1) is 18.7 Å². The summed E-state index contributed by atoms with van der Waals surface area (Å²) in [5, 5.41) is 19.4. The minimum absolute atomic E-state index is 0.0242. The smallest absolute Gasteiger partial charge is 0.227 e. The van der Waals surface area contributed by atoms with E-state index in [4.69, 9.17) is 0 Å². The van der Waals surface area contributed by atoms with Gasteiger partial charge in [-0.05, 0) is 24.0 Å². The SMILES string of the molecule is N#C[C@@H]1[C@H](c2ccc(-c3cncnc3)cc2)[C@H](CO)N1C(=O)C1CCC1. The summed E-state index contributed by atoms with van der Waals surface area (Å²) in [5.74, 6) is -0.104. The summed E-state index contributed by atoms with van der Waals surface area (Å²) in [6.45, 7) is -0.129. The molecular weight excluding hydrogens is 328 g/mol. The molecule has 1 aliphatic heterocycles. The fourth-order valence-electron chi connectivity index (χ4n) is 3.92. The first kappa shape index (κ1) is 16.7. The largest absolute Gasteiger partial charge is 0.394 e. The number of hydrogen-bond donors (Lipinski definition) is 1. The van der Waals surface area contributed by atoms with Crippen molar-refractivity contribution in [2.75, 3.05) is 6.61 Å². The van der Waals surface area contributed by atoms with Crippen molar-refractivity contribution in [2.45, 2.75) is 37.3 Å². The fourth-order valence-corrected chi connectivity index (χ4v) is 3.92. The molecule has 2 aromatic rings. The van der Waals surface area contributed by atoms with E-state index < -0.39 is 6.04 Å². The zero-order valence-electron chi connectivity index (χ0n) is 14.3. The lowest BCUT2D eigenvalue weighted by Gasteiger charge is -2.53. The summed E-state index contributed by atoms with van der Waals surface area (Å²) in [5.41, 5.74) is 2.88. The summed E-state index contributed by atoms with van der Waals surface area (Å²) >= 11 is 0. The van der Waals surface area contributed by atoms with E-state index in [0.717, 1.165) is 36.0 Å². The number of carbonyl (C=O) groups is 1. The van der Waals surface area contributed by atoms with E-state index in [1.807, 2.05) is 24.3 Å². The van der Waals surface area contributed by atoms with Crippen LogP contribution in [0.25, 0.3) is 11.1 Å². The summed E-state index contributed by atoms with van der Waals surface area (Å²) in [6, 6.07) is 9.30. The van der Waals surface area contributed by atoms with Crippen LogP contribution in [-0.2, 0) is 4.79 Å². The molecule has 1 N–H and O–H groups in total. The van der Waals surface area contributed by atoms with Crippen molar-refractivity contribution in [3.8, 4) is 17.2 Å². The van der Waals surface area contributed by atoms with E-state index in [-0.39, 0.29) is 30.4 Å². The number of nitrogens with zero attached hydrogens (tertiary/aromatic N) is 4. The van der Waals surface area contributed by atoms with Gasteiger partial charge in [0, 0.05) is 29.8 Å². The van der Waals surface area contributed by atoms with Crippen LogP contribution in [0.1, 0.15) is 30.7 Å². The molecule has 26 heavy (non-hydrogen) atoms. The van der Waals surface area contributed by atoms with Gasteiger partial charge in [0.1, 0.15) is 12.4 Å². The highest BCUT2D eigenvalue weighted by atomic mass is 16.3. The van der Waals surface area contributed by atoms with Crippen LogP contribution in [0.4, 0.5) is 0 Å². The molecule has 2 aliphatic rings. The molecule has 2 heterocycles. The number of aliphatic hydroxyl groups is 1. The number of rotatable bonds is 4. The highest BCUT2D eigenvalue weighted by molar-refractivity contribution is 5.82. The third-order valence-corrected chi connectivity index (χ3v) is 5.63. The molecule has 1 aliphatic carbocycles. The van der Waals surface area contributed by atoms with Crippen LogP contribution in [0.15, 0.2) is 43.0 Å². The van der Waals surface area contributed by atoms with Gasteiger partial charge in [-0.15, -0.1) is 0 Å². The van der Waals surface area contributed by atoms with E-state index in [1.165, 1.54) is 6.33 Å². The lowest BCUT2D eigenvalue weighted by atomic mass is 9.73. The van der Waals surface area contributed by atoms with E-state index in [9.17, 15) is 15.2 Å². The molecule has 3 atom stereocenters. The van der Waals surface area contributed by atoms with Crippen LogP contribution in [-0.4, -0.2) is 44.6 Å². The average molecular weight is 348 g/mol. The third kappa shape index (κ3) is 2.65. The van der Waals surface area contributed by atoms with E-state index in [1.54, 1.807) is 17.3 Å². The zero-order valence-corrected chi connectivity index (χ0v) is 14.3. The van der Waals surface area contributed by atoms with Gasteiger partial charge in [0.2, 0.25) is 5.91 Å². The molecule has 1 amide bonds. The van der Waals surface area contributed by atoms with Crippen molar-refractivity contribution >= 4 is 5.91 Å². The molecule has 1 aromatic heterocycles. The predicted molar refractivity (Wildman–Crippen MR) is 94.7 cm³/mol. The van der Waals surface area contributed by atoms with Crippen LogP contribution in [0.5, 0.6) is 0 Å². The molecule has 1 aromatic carbocycles. The first-order chi connectivity index (χ1) is 12.7. The third-order valence-electron chi connectivity index (χ3n) is 5.63. The lowest BCUT2D eigenvalue weighted by molar-refractivity contribution is -0.154. The highest BCUT2D eigenvalue weighted by Crippen LogP contribution is 2.43. The Hall–Kier alpha value is -2.78. The van der Waals surface area contributed by atoms with Crippen molar-refractivity contribution in [1.29, 1.82) is 5.26 Å². The Morgan fingerprint density at radius 3 is 2.42 bits per heavy atom. The number of aliphatic hydroxyl groups excluding tert-OH is 1. The van der Waals surface area contributed by atoms with Crippen LogP contribution in [0.2, 0.25) is 0 Å². The van der Waals surface area contributed by atoms with Crippen LogP contribution in [0.3, 0.4) is 0 Å². The minimum atomic E-state index is -0.508. The second-order valence-electron chi connectivity index (χ2n) is 6.97. The first-order valence-electron chi connectivity index (χ1n) is 8.92. The van der Waals surface area contributed by atoms with Gasteiger partial charge in [0.15, 0.2) is 0 Å².